The van der Waals surface area contributed by atoms with E-state index in [-0.39, 0.29) is 46.5 Å². The van der Waals surface area contributed by atoms with Crippen molar-refractivity contribution in [2.24, 2.45) is 0 Å². The van der Waals surface area contributed by atoms with E-state index in [0.717, 1.165) is 0 Å². The Kier molecular flexibility index (Phi) is 7.22. The highest BCUT2D eigenvalue weighted by molar-refractivity contribution is 7.89. The van der Waals surface area contributed by atoms with Gasteiger partial charge in [-0.1, -0.05) is 25.4 Å². The largest absolute Gasteiger partial charge is 0.465 e. The van der Waals surface area contributed by atoms with Gasteiger partial charge in [0, 0.05) is 13.1 Å². The van der Waals surface area contributed by atoms with Crippen molar-refractivity contribution in [3.8, 4) is 0 Å². The summed E-state index contributed by atoms with van der Waals surface area (Å²) in [5, 5.41) is 0.00228. The summed E-state index contributed by atoms with van der Waals surface area (Å²) in [5.41, 5.74) is 0.137. The van der Waals surface area contributed by atoms with Gasteiger partial charge in [-0.05, 0) is 24.3 Å². The summed E-state index contributed by atoms with van der Waals surface area (Å²) in [5.74, 6) is -1.30. The number of ether oxygens (including phenoxy) is 2. The molecule has 1 aromatic carbocycles. The second kappa shape index (κ2) is 9.22. The Labute approximate surface area is 168 Å². The molecule has 152 valence electrons. The number of hydrogen-bond acceptors (Lipinski definition) is 7. The summed E-state index contributed by atoms with van der Waals surface area (Å²) in [4.78, 5) is 23.8. The first kappa shape index (κ1) is 21.9. The Bertz CT molecular complexity index is 964. The zero-order valence-corrected chi connectivity index (χ0v) is 17.2. The van der Waals surface area contributed by atoms with Gasteiger partial charge in [-0.25, -0.2) is 18.0 Å². The summed E-state index contributed by atoms with van der Waals surface area (Å²) in [6.45, 7) is 3.61. The maximum Gasteiger partial charge on any atom is 0.341 e. The molecule has 2 aromatic rings. The monoisotopic (exact) mass is 429 g/mol. The van der Waals surface area contributed by atoms with Crippen LogP contribution in [-0.2, 0) is 26.1 Å². The van der Waals surface area contributed by atoms with Crippen molar-refractivity contribution in [2.45, 2.75) is 25.3 Å². The van der Waals surface area contributed by atoms with Gasteiger partial charge in [-0.2, -0.15) is 4.31 Å². The number of carbonyl (C=O) groups is 2. The highest BCUT2D eigenvalue weighted by atomic mass is 35.5. The lowest BCUT2D eigenvalue weighted by atomic mass is 10.2. The fourth-order valence-corrected chi connectivity index (χ4v) is 4.45. The molecule has 0 fully saturated rings. The number of rotatable bonds is 8. The van der Waals surface area contributed by atoms with Crippen LogP contribution in [0.1, 0.15) is 40.3 Å². The van der Waals surface area contributed by atoms with E-state index in [2.05, 4.69) is 4.74 Å². The summed E-state index contributed by atoms with van der Waals surface area (Å²) in [7, 11) is -2.63. The summed E-state index contributed by atoms with van der Waals surface area (Å²) in [6, 6.07) is 5.24. The predicted octanol–water partition coefficient (Wildman–Crippen LogP) is 3.11. The van der Waals surface area contributed by atoms with Gasteiger partial charge in [0.15, 0.2) is 12.4 Å². The molecule has 2 rings (SSSR count). The van der Waals surface area contributed by atoms with E-state index in [4.69, 9.17) is 20.8 Å². The lowest BCUT2D eigenvalue weighted by Gasteiger charge is -2.19. The Morgan fingerprint density at radius 1 is 1.14 bits per heavy atom. The molecular weight excluding hydrogens is 410 g/mol. The highest BCUT2D eigenvalue weighted by Gasteiger charge is 2.26. The minimum atomic E-state index is -3.85. The minimum absolute atomic E-state index is 0.00121. The van der Waals surface area contributed by atoms with Gasteiger partial charge in [0.05, 0.1) is 24.0 Å². The van der Waals surface area contributed by atoms with E-state index >= 15 is 0 Å². The second-order valence-corrected chi connectivity index (χ2v) is 7.87. The fourth-order valence-electron chi connectivity index (χ4n) is 2.49. The number of nitrogens with zero attached hydrogens (tertiary/aromatic N) is 1. The van der Waals surface area contributed by atoms with Crippen molar-refractivity contribution in [1.82, 2.24) is 4.31 Å². The molecule has 8 nitrogen and oxygen atoms in total. The van der Waals surface area contributed by atoms with Crippen molar-refractivity contribution >= 4 is 33.6 Å². The van der Waals surface area contributed by atoms with Crippen molar-refractivity contribution in [3.63, 3.8) is 0 Å². The van der Waals surface area contributed by atoms with Crippen molar-refractivity contribution in [1.29, 1.82) is 0 Å². The van der Waals surface area contributed by atoms with Crippen LogP contribution >= 0.6 is 11.6 Å². The number of hydrogen-bond donors (Lipinski definition) is 0. The molecule has 0 aliphatic heterocycles. The molecule has 1 aromatic heterocycles. The van der Waals surface area contributed by atoms with Gasteiger partial charge in [-0.15, -0.1) is 0 Å². The van der Waals surface area contributed by atoms with Crippen LogP contribution in [0.2, 0.25) is 5.02 Å². The third-order valence-corrected chi connectivity index (χ3v) is 6.51. The molecule has 0 radical (unpaired) electrons. The normalized spacial score (nSPS) is 11.5. The molecule has 0 unspecified atom stereocenters. The van der Waals surface area contributed by atoms with Crippen LogP contribution in [0, 0.1) is 0 Å². The van der Waals surface area contributed by atoms with E-state index in [0.29, 0.717) is 0 Å². The highest BCUT2D eigenvalue weighted by Crippen LogP contribution is 2.26. The molecular formula is C18H20ClNO7S. The lowest BCUT2D eigenvalue weighted by molar-refractivity contribution is 0.0432. The molecule has 1 heterocycles. The van der Waals surface area contributed by atoms with Gasteiger partial charge in [-0.3, -0.25) is 0 Å². The molecule has 10 heteroatoms. The van der Waals surface area contributed by atoms with Crippen LogP contribution < -0.4 is 0 Å². The molecule has 0 atom stereocenters. The number of carbonyl (C=O) groups excluding carboxylic acids is 2. The van der Waals surface area contributed by atoms with Crippen molar-refractivity contribution in [3.05, 3.63) is 52.4 Å². The molecule has 0 aliphatic carbocycles. The summed E-state index contributed by atoms with van der Waals surface area (Å²) < 4.78 is 41.5. The molecule has 0 amide bonds. The van der Waals surface area contributed by atoms with Crippen LogP contribution in [0.3, 0.4) is 0 Å². The van der Waals surface area contributed by atoms with Gasteiger partial charge in [0.1, 0.15) is 10.5 Å². The third-order valence-electron chi connectivity index (χ3n) is 3.98. The van der Waals surface area contributed by atoms with E-state index in [1.165, 1.54) is 41.9 Å². The number of methoxy groups -OCH3 is 1. The predicted molar refractivity (Wildman–Crippen MR) is 101 cm³/mol. The number of halogens is 1. The molecule has 0 bridgehead atoms. The quantitative estimate of drug-likeness (QED) is 0.594. The van der Waals surface area contributed by atoms with Crippen LogP contribution in [0.15, 0.2) is 39.8 Å². The third kappa shape index (κ3) is 4.54. The SMILES string of the molecule is CCN(CC)S(=O)(=O)c1cc(C(=O)OCc2occc2C(=O)OC)ccc1Cl. The average molecular weight is 430 g/mol. The van der Waals surface area contributed by atoms with Gasteiger partial charge in [0.2, 0.25) is 10.0 Å². The summed E-state index contributed by atoms with van der Waals surface area (Å²) in [6.07, 6.45) is 1.27. The molecule has 0 spiro atoms. The zero-order chi connectivity index (χ0) is 20.9. The van der Waals surface area contributed by atoms with E-state index in [9.17, 15) is 18.0 Å². The summed E-state index contributed by atoms with van der Waals surface area (Å²) >= 11 is 6.05. The maximum atomic E-state index is 12.7. The fraction of sp³-hybridized carbons (Fsp3) is 0.333. The Morgan fingerprint density at radius 3 is 2.43 bits per heavy atom. The molecule has 0 saturated carbocycles. The first-order valence-electron chi connectivity index (χ1n) is 8.37. The number of benzene rings is 1. The Hall–Kier alpha value is -2.36. The van der Waals surface area contributed by atoms with E-state index in [1.54, 1.807) is 13.8 Å². The minimum Gasteiger partial charge on any atom is -0.465 e. The van der Waals surface area contributed by atoms with Crippen LogP contribution in [0.25, 0.3) is 0 Å². The molecule has 0 N–H and O–H groups in total. The molecule has 28 heavy (non-hydrogen) atoms. The number of sulfonamides is 1. The first-order chi connectivity index (χ1) is 13.3. The van der Waals surface area contributed by atoms with E-state index < -0.39 is 22.0 Å². The first-order valence-corrected chi connectivity index (χ1v) is 10.2. The van der Waals surface area contributed by atoms with E-state index in [1.807, 2.05) is 0 Å². The average Bonchev–Trinajstić information content (AvgIpc) is 3.15. The Morgan fingerprint density at radius 2 is 1.82 bits per heavy atom. The molecule has 0 aliphatic rings. The van der Waals surface area contributed by atoms with Crippen molar-refractivity contribution in [2.75, 3.05) is 20.2 Å². The smallest absolute Gasteiger partial charge is 0.341 e. The Balaban J connectivity index is 2.24. The lowest BCUT2D eigenvalue weighted by Crippen LogP contribution is -2.31. The second-order valence-electron chi connectivity index (χ2n) is 5.56. The standard InChI is InChI=1S/C18H20ClNO7S/c1-4-20(5-2)28(23,24)16-10-12(6-7-14(16)19)17(21)27-11-15-13(8-9-26-15)18(22)25-3/h6-10H,4-5,11H2,1-3H3. The number of furan rings is 1. The van der Waals surface area contributed by atoms with Crippen LogP contribution in [-0.4, -0.2) is 44.9 Å². The maximum absolute atomic E-state index is 12.7. The number of esters is 2. The van der Waals surface area contributed by atoms with Gasteiger partial charge in [0.25, 0.3) is 0 Å². The van der Waals surface area contributed by atoms with Crippen LogP contribution in [0.4, 0.5) is 0 Å². The zero-order valence-electron chi connectivity index (χ0n) is 15.6. The topological polar surface area (TPSA) is 103 Å². The van der Waals surface area contributed by atoms with Gasteiger partial charge >= 0.3 is 11.9 Å². The van der Waals surface area contributed by atoms with Crippen LogP contribution in [0.5, 0.6) is 0 Å². The van der Waals surface area contributed by atoms with Crippen molar-refractivity contribution < 1.29 is 31.9 Å². The molecule has 0 saturated heterocycles. The van der Waals surface area contributed by atoms with Gasteiger partial charge < -0.3 is 13.9 Å².